The second-order valence-corrected chi connectivity index (χ2v) is 8.88. The first-order valence-electron chi connectivity index (χ1n) is 11.2. The highest BCUT2D eigenvalue weighted by Gasteiger charge is 2.48. The fourth-order valence-electron chi connectivity index (χ4n) is 4.29. The SMILES string of the molecule is C=C/C=C(\C=C/CCl)C(/C)=N\C(=C/C)CN1C(=C)CC(C(=C)C)(c2cc(C)ccc2C)C1=N. The Hall–Kier alpha value is -2.91. The van der Waals surface area contributed by atoms with Crippen molar-refractivity contribution in [1.82, 2.24) is 4.90 Å². The van der Waals surface area contributed by atoms with Crippen LogP contribution in [0.1, 0.15) is 43.9 Å². The number of nitrogens with zero attached hydrogens (tertiary/aromatic N) is 2. The molecule has 1 aliphatic heterocycles. The number of nitrogens with one attached hydrogen (secondary N) is 1. The molecule has 0 aliphatic carbocycles. The van der Waals surface area contributed by atoms with Crippen molar-refractivity contribution in [3.8, 4) is 0 Å². The molecule has 1 aromatic rings. The van der Waals surface area contributed by atoms with Crippen LogP contribution in [0.3, 0.4) is 0 Å². The third kappa shape index (κ3) is 5.54. The van der Waals surface area contributed by atoms with Crippen molar-refractivity contribution in [2.45, 2.75) is 46.5 Å². The molecule has 0 bridgehead atoms. The van der Waals surface area contributed by atoms with E-state index in [0.29, 0.717) is 24.7 Å². The number of likely N-dealkylation sites (tertiary alicyclic amines) is 1. The minimum atomic E-state index is -0.582. The lowest BCUT2D eigenvalue weighted by Crippen LogP contribution is -2.39. The Morgan fingerprint density at radius 2 is 2.00 bits per heavy atom. The van der Waals surface area contributed by atoms with Crippen molar-refractivity contribution in [3.05, 3.63) is 108 Å². The summed E-state index contributed by atoms with van der Waals surface area (Å²) in [6.45, 7) is 23.1. The Bertz CT molecular complexity index is 1080. The molecule has 1 fully saturated rings. The van der Waals surface area contributed by atoms with Gasteiger partial charge in [-0.05, 0) is 51.3 Å². The van der Waals surface area contributed by atoms with Crippen molar-refractivity contribution < 1.29 is 0 Å². The van der Waals surface area contributed by atoms with Crippen LogP contribution in [0, 0.1) is 19.3 Å². The van der Waals surface area contributed by atoms with Crippen LogP contribution in [0.15, 0.2) is 95.8 Å². The van der Waals surface area contributed by atoms with Gasteiger partial charge < -0.3 is 4.90 Å². The van der Waals surface area contributed by atoms with E-state index in [1.165, 1.54) is 5.56 Å². The van der Waals surface area contributed by atoms with Gasteiger partial charge in [0.1, 0.15) is 5.84 Å². The molecule has 1 heterocycles. The normalized spacial score (nSPS) is 20.2. The third-order valence-electron chi connectivity index (χ3n) is 6.17. The zero-order valence-corrected chi connectivity index (χ0v) is 21.4. The van der Waals surface area contributed by atoms with Gasteiger partial charge in [-0.2, -0.15) is 0 Å². The van der Waals surface area contributed by atoms with Gasteiger partial charge >= 0.3 is 0 Å². The number of hydrogen-bond acceptors (Lipinski definition) is 2. The highest BCUT2D eigenvalue weighted by molar-refractivity contribution is 6.19. The summed E-state index contributed by atoms with van der Waals surface area (Å²) in [6.07, 6.45) is 10.1. The quantitative estimate of drug-likeness (QED) is 0.175. The summed E-state index contributed by atoms with van der Waals surface area (Å²) in [4.78, 5) is 6.84. The van der Waals surface area contributed by atoms with Crippen molar-refractivity contribution >= 4 is 23.1 Å². The van der Waals surface area contributed by atoms with E-state index in [1.807, 2.05) is 50.0 Å². The van der Waals surface area contributed by atoms with Crippen molar-refractivity contribution in [2.75, 3.05) is 12.4 Å². The molecule has 3 nitrogen and oxygen atoms in total. The molecule has 1 aromatic carbocycles. The van der Waals surface area contributed by atoms with Crippen LogP contribution in [-0.4, -0.2) is 28.9 Å². The van der Waals surface area contributed by atoms with E-state index in [9.17, 15) is 5.41 Å². The Balaban J connectivity index is 2.44. The zero-order valence-electron chi connectivity index (χ0n) is 20.6. The molecule has 1 atom stereocenters. The van der Waals surface area contributed by atoms with Gasteiger partial charge in [-0.3, -0.25) is 10.4 Å². The van der Waals surface area contributed by atoms with Gasteiger partial charge in [-0.25, -0.2) is 0 Å². The van der Waals surface area contributed by atoms with Gasteiger partial charge in [0.15, 0.2) is 0 Å². The summed E-state index contributed by atoms with van der Waals surface area (Å²) >= 11 is 5.81. The van der Waals surface area contributed by atoms with Crippen LogP contribution in [0.4, 0.5) is 0 Å². The van der Waals surface area contributed by atoms with Crippen molar-refractivity contribution in [2.24, 2.45) is 4.99 Å². The third-order valence-corrected chi connectivity index (χ3v) is 6.35. The lowest BCUT2D eigenvalue weighted by molar-refractivity contribution is 0.567. The van der Waals surface area contributed by atoms with Crippen LogP contribution in [0.5, 0.6) is 0 Å². The number of hydrogen-bond donors (Lipinski definition) is 1. The molecular weight excluding hydrogens is 426 g/mol. The van der Waals surface area contributed by atoms with E-state index in [0.717, 1.165) is 39.4 Å². The summed E-state index contributed by atoms with van der Waals surface area (Å²) in [5.41, 5.74) is 7.42. The highest BCUT2D eigenvalue weighted by atomic mass is 35.5. The van der Waals surface area contributed by atoms with Gasteiger partial charge in [0, 0.05) is 23.7 Å². The first-order valence-corrected chi connectivity index (χ1v) is 11.7. The molecule has 2 rings (SSSR count). The summed E-state index contributed by atoms with van der Waals surface area (Å²) in [5.74, 6) is 0.939. The largest absolute Gasteiger partial charge is 0.328 e. The standard InChI is InChI=1S/C29H36ClN3/c1-9-12-25(13-11-16-30)24(8)32-26(10-2)19-33-23(7)18-29(20(3)4,28(33)31)27-17-21(5)14-15-22(27)6/h9-15,17,31H,1,3,7,16,18-19H2,2,4-6,8H3/b13-11-,25-12+,26-10-,31-28?,32-24-. The number of amidine groups is 1. The Labute approximate surface area is 204 Å². The number of rotatable bonds is 9. The minimum Gasteiger partial charge on any atom is -0.328 e. The van der Waals surface area contributed by atoms with Crippen LogP contribution in [-0.2, 0) is 5.41 Å². The first kappa shape index (κ1) is 26.3. The van der Waals surface area contributed by atoms with E-state index in [1.54, 1.807) is 6.08 Å². The predicted octanol–water partition coefficient (Wildman–Crippen LogP) is 7.59. The van der Waals surface area contributed by atoms with Crippen LogP contribution in [0.2, 0.25) is 0 Å². The number of aryl methyl sites for hydroxylation is 2. The number of halogens is 1. The van der Waals surface area contributed by atoms with E-state index in [-0.39, 0.29) is 0 Å². The van der Waals surface area contributed by atoms with Gasteiger partial charge in [0.05, 0.1) is 17.7 Å². The molecule has 1 unspecified atom stereocenters. The van der Waals surface area contributed by atoms with Gasteiger partial charge in [-0.1, -0.05) is 79.5 Å². The average molecular weight is 462 g/mol. The van der Waals surface area contributed by atoms with Gasteiger partial charge in [0.2, 0.25) is 0 Å². The molecule has 4 heteroatoms. The Kier molecular flexibility index (Phi) is 9.01. The van der Waals surface area contributed by atoms with E-state index in [2.05, 4.69) is 51.8 Å². The second-order valence-electron chi connectivity index (χ2n) is 8.57. The summed E-state index contributed by atoms with van der Waals surface area (Å²) in [6, 6.07) is 6.42. The summed E-state index contributed by atoms with van der Waals surface area (Å²) in [7, 11) is 0. The predicted molar refractivity (Wildman–Crippen MR) is 146 cm³/mol. The molecule has 0 spiro atoms. The lowest BCUT2D eigenvalue weighted by Gasteiger charge is -2.33. The van der Waals surface area contributed by atoms with E-state index >= 15 is 0 Å². The fourth-order valence-corrected chi connectivity index (χ4v) is 4.38. The number of aliphatic imine (C=N–C) groups is 1. The minimum absolute atomic E-state index is 0.435. The van der Waals surface area contributed by atoms with Crippen molar-refractivity contribution in [3.63, 3.8) is 0 Å². The van der Waals surface area contributed by atoms with E-state index in [4.69, 9.17) is 16.6 Å². The highest BCUT2D eigenvalue weighted by Crippen LogP contribution is 2.47. The number of allylic oxidation sites excluding steroid dienone is 7. The maximum Gasteiger partial charge on any atom is 0.116 e. The lowest BCUT2D eigenvalue weighted by atomic mass is 9.71. The van der Waals surface area contributed by atoms with Crippen LogP contribution in [0.25, 0.3) is 0 Å². The Morgan fingerprint density at radius 1 is 1.30 bits per heavy atom. The molecule has 0 radical (unpaired) electrons. The van der Waals surface area contributed by atoms with Crippen molar-refractivity contribution in [1.29, 1.82) is 5.41 Å². The fraction of sp³-hybridized carbons (Fsp3) is 0.310. The number of alkyl halides is 1. The summed E-state index contributed by atoms with van der Waals surface area (Å²) in [5, 5.41) is 9.25. The van der Waals surface area contributed by atoms with Crippen LogP contribution >= 0.6 is 11.6 Å². The topological polar surface area (TPSA) is 39.5 Å². The molecule has 174 valence electrons. The monoisotopic (exact) mass is 461 g/mol. The molecule has 0 aromatic heterocycles. The van der Waals surface area contributed by atoms with Gasteiger partial charge in [-0.15, -0.1) is 11.6 Å². The number of benzene rings is 1. The smallest absolute Gasteiger partial charge is 0.116 e. The molecule has 0 amide bonds. The zero-order chi connectivity index (χ0) is 24.8. The molecule has 33 heavy (non-hydrogen) atoms. The van der Waals surface area contributed by atoms with Gasteiger partial charge in [0.25, 0.3) is 0 Å². The first-order chi connectivity index (χ1) is 15.6. The van der Waals surface area contributed by atoms with Crippen LogP contribution < -0.4 is 0 Å². The molecular formula is C29H36ClN3. The van der Waals surface area contributed by atoms with E-state index < -0.39 is 5.41 Å². The Morgan fingerprint density at radius 3 is 2.58 bits per heavy atom. The molecule has 1 saturated heterocycles. The molecule has 0 saturated carbocycles. The average Bonchev–Trinajstić information content (AvgIpc) is 3.03. The maximum atomic E-state index is 9.25. The second kappa shape index (κ2) is 11.3. The molecule has 1 aliphatic rings. The maximum absolute atomic E-state index is 9.25. The summed E-state index contributed by atoms with van der Waals surface area (Å²) < 4.78 is 0. The molecule has 1 N–H and O–H groups in total.